The second-order valence-corrected chi connectivity index (χ2v) is 2.37. The number of nitrogens with zero attached hydrogens (tertiary/aromatic N) is 1. The van der Waals surface area contributed by atoms with Crippen LogP contribution in [0.4, 0.5) is 0 Å². The molecular formula is C6H12N2O. The maximum atomic E-state index is 8.16. The molecule has 1 atom stereocenters. The van der Waals surface area contributed by atoms with Crippen LogP contribution in [0, 0.1) is 5.92 Å². The molecule has 2 N–H and O–H groups in total. The smallest absolute Gasteiger partial charge is 0.0479 e. The number of nitrogens with one attached hydrogen (secondary N) is 1. The van der Waals surface area contributed by atoms with E-state index in [0.29, 0.717) is 5.92 Å². The first kappa shape index (κ1) is 6.55. The highest BCUT2D eigenvalue weighted by molar-refractivity contribution is 5.60. The summed E-state index contributed by atoms with van der Waals surface area (Å²) in [5.74, 6) is 0.448. The fourth-order valence-electron chi connectivity index (χ4n) is 1.10. The van der Waals surface area contributed by atoms with E-state index in [1.165, 1.54) is 6.42 Å². The summed E-state index contributed by atoms with van der Waals surface area (Å²) in [4.78, 5) is 0. The van der Waals surface area contributed by atoms with Gasteiger partial charge in [-0.15, -0.1) is 5.16 Å². The Bertz CT molecular complexity index is 97.2. The Morgan fingerprint density at radius 3 is 3.11 bits per heavy atom. The van der Waals surface area contributed by atoms with Crippen molar-refractivity contribution in [2.45, 2.75) is 12.8 Å². The van der Waals surface area contributed by atoms with Crippen molar-refractivity contribution in [3.05, 3.63) is 0 Å². The molecule has 0 aliphatic carbocycles. The van der Waals surface area contributed by atoms with Crippen LogP contribution >= 0.6 is 0 Å². The van der Waals surface area contributed by atoms with Crippen LogP contribution in [0.5, 0.6) is 0 Å². The Morgan fingerprint density at radius 1 is 1.67 bits per heavy atom. The van der Waals surface area contributed by atoms with Crippen molar-refractivity contribution >= 4 is 6.21 Å². The molecule has 0 bridgehead atoms. The molecule has 0 amide bonds. The van der Waals surface area contributed by atoms with Gasteiger partial charge in [0.05, 0.1) is 0 Å². The lowest BCUT2D eigenvalue weighted by atomic mass is 10.0. The van der Waals surface area contributed by atoms with Gasteiger partial charge in [0.1, 0.15) is 0 Å². The second-order valence-electron chi connectivity index (χ2n) is 2.37. The van der Waals surface area contributed by atoms with Crippen LogP contribution in [0.1, 0.15) is 12.8 Å². The van der Waals surface area contributed by atoms with Crippen LogP contribution in [-0.2, 0) is 0 Å². The zero-order chi connectivity index (χ0) is 6.53. The predicted octanol–water partition coefficient (Wildman–Crippen LogP) is 0.446. The van der Waals surface area contributed by atoms with Gasteiger partial charge in [-0.25, -0.2) is 0 Å². The lowest BCUT2D eigenvalue weighted by Crippen LogP contribution is -2.30. The molecule has 3 heteroatoms. The molecule has 0 radical (unpaired) electrons. The van der Waals surface area contributed by atoms with Crippen molar-refractivity contribution in [1.29, 1.82) is 0 Å². The minimum absolute atomic E-state index is 0.448. The van der Waals surface area contributed by atoms with Crippen molar-refractivity contribution in [1.82, 2.24) is 5.32 Å². The van der Waals surface area contributed by atoms with Gasteiger partial charge in [0.15, 0.2) is 0 Å². The van der Waals surface area contributed by atoms with E-state index in [2.05, 4.69) is 10.5 Å². The number of oxime groups is 1. The topological polar surface area (TPSA) is 44.6 Å². The Kier molecular flexibility index (Phi) is 2.51. The summed E-state index contributed by atoms with van der Waals surface area (Å²) in [6.45, 7) is 2.07. The van der Waals surface area contributed by atoms with E-state index in [9.17, 15) is 0 Å². The maximum Gasteiger partial charge on any atom is 0.0479 e. The fourth-order valence-corrected chi connectivity index (χ4v) is 1.10. The normalized spacial score (nSPS) is 29.1. The van der Waals surface area contributed by atoms with Gasteiger partial charge in [-0.2, -0.15) is 0 Å². The third kappa shape index (κ3) is 2.01. The van der Waals surface area contributed by atoms with Gasteiger partial charge in [-0.3, -0.25) is 0 Å². The molecule has 1 fully saturated rings. The van der Waals surface area contributed by atoms with Crippen LogP contribution in [0.15, 0.2) is 5.16 Å². The monoisotopic (exact) mass is 128 g/mol. The van der Waals surface area contributed by atoms with Crippen molar-refractivity contribution in [2.75, 3.05) is 13.1 Å². The average molecular weight is 128 g/mol. The van der Waals surface area contributed by atoms with Crippen LogP contribution in [-0.4, -0.2) is 24.5 Å². The first-order valence-corrected chi connectivity index (χ1v) is 3.32. The van der Waals surface area contributed by atoms with Crippen molar-refractivity contribution in [3.8, 4) is 0 Å². The molecule has 0 aromatic heterocycles. The molecule has 52 valence electrons. The standard InChI is InChI=1S/C6H12N2O/c9-8-5-6-2-1-3-7-4-6/h5-7,9H,1-4H2/b8-5+. The zero-order valence-corrected chi connectivity index (χ0v) is 5.38. The van der Waals surface area contributed by atoms with Gasteiger partial charge < -0.3 is 10.5 Å². The Balaban J connectivity index is 2.23. The van der Waals surface area contributed by atoms with E-state index in [1.807, 2.05) is 0 Å². The molecule has 1 heterocycles. The largest absolute Gasteiger partial charge is 0.411 e. The third-order valence-electron chi connectivity index (χ3n) is 1.61. The van der Waals surface area contributed by atoms with Gasteiger partial charge in [-0.05, 0) is 19.4 Å². The molecule has 1 rings (SSSR count). The zero-order valence-electron chi connectivity index (χ0n) is 5.38. The molecule has 0 spiro atoms. The third-order valence-corrected chi connectivity index (χ3v) is 1.61. The second kappa shape index (κ2) is 3.45. The summed E-state index contributed by atoms with van der Waals surface area (Å²) >= 11 is 0. The van der Waals surface area contributed by atoms with Crippen molar-refractivity contribution in [3.63, 3.8) is 0 Å². The summed E-state index contributed by atoms with van der Waals surface area (Å²) in [7, 11) is 0. The molecule has 1 aliphatic rings. The Morgan fingerprint density at radius 2 is 2.56 bits per heavy atom. The van der Waals surface area contributed by atoms with Crippen LogP contribution in [0.25, 0.3) is 0 Å². The maximum absolute atomic E-state index is 8.16. The minimum atomic E-state index is 0.448. The van der Waals surface area contributed by atoms with Crippen LogP contribution in [0.3, 0.4) is 0 Å². The Labute approximate surface area is 54.8 Å². The number of rotatable bonds is 1. The molecule has 1 unspecified atom stereocenters. The first-order valence-electron chi connectivity index (χ1n) is 3.32. The molecule has 1 saturated heterocycles. The molecule has 0 aromatic carbocycles. The minimum Gasteiger partial charge on any atom is -0.411 e. The summed E-state index contributed by atoms with van der Waals surface area (Å²) < 4.78 is 0. The number of hydrogen-bond acceptors (Lipinski definition) is 3. The SMILES string of the molecule is O/N=C/C1CCCNC1. The lowest BCUT2D eigenvalue weighted by Gasteiger charge is -2.17. The quantitative estimate of drug-likeness (QED) is 0.306. The van der Waals surface area contributed by atoms with E-state index in [-0.39, 0.29) is 0 Å². The van der Waals surface area contributed by atoms with Gasteiger partial charge >= 0.3 is 0 Å². The van der Waals surface area contributed by atoms with Gasteiger partial charge in [-0.1, -0.05) is 0 Å². The van der Waals surface area contributed by atoms with Crippen molar-refractivity contribution < 1.29 is 5.21 Å². The molecular weight excluding hydrogens is 116 g/mol. The average Bonchev–Trinajstić information content (AvgIpc) is 1.91. The number of piperidine rings is 1. The van der Waals surface area contributed by atoms with Gasteiger partial charge in [0.2, 0.25) is 0 Å². The number of hydrogen-bond donors (Lipinski definition) is 2. The molecule has 0 saturated carbocycles. The van der Waals surface area contributed by atoms with Crippen LogP contribution in [0.2, 0.25) is 0 Å². The highest BCUT2D eigenvalue weighted by Gasteiger charge is 2.09. The fraction of sp³-hybridized carbons (Fsp3) is 0.833. The van der Waals surface area contributed by atoms with E-state index >= 15 is 0 Å². The molecule has 1 aliphatic heterocycles. The summed E-state index contributed by atoms with van der Waals surface area (Å²) in [6, 6.07) is 0. The molecule has 3 nitrogen and oxygen atoms in total. The summed E-state index contributed by atoms with van der Waals surface area (Å²) in [6.07, 6.45) is 3.94. The van der Waals surface area contributed by atoms with Crippen molar-refractivity contribution in [2.24, 2.45) is 11.1 Å². The van der Waals surface area contributed by atoms with Crippen LogP contribution < -0.4 is 5.32 Å². The van der Waals surface area contributed by atoms with E-state index in [1.54, 1.807) is 6.21 Å². The van der Waals surface area contributed by atoms with E-state index in [4.69, 9.17) is 5.21 Å². The summed E-state index contributed by atoms with van der Waals surface area (Å²) in [5.41, 5.74) is 0. The first-order chi connectivity index (χ1) is 4.43. The van der Waals surface area contributed by atoms with E-state index in [0.717, 1.165) is 19.5 Å². The van der Waals surface area contributed by atoms with Gasteiger partial charge in [0, 0.05) is 18.7 Å². The van der Waals surface area contributed by atoms with Gasteiger partial charge in [0.25, 0.3) is 0 Å². The highest BCUT2D eigenvalue weighted by atomic mass is 16.4. The molecule has 9 heavy (non-hydrogen) atoms. The molecule has 0 aromatic rings. The predicted molar refractivity (Wildman–Crippen MR) is 35.9 cm³/mol. The summed E-state index contributed by atoms with van der Waals surface area (Å²) in [5, 5.41) is 14.4. The van der Waals surface area contributed by atoms with E-state index < -0.39 is 0 Å². The Hall–Kier alpha value is -0.570. The highest BCUT2D eigenvalue weighted by Crippen LogP contribution is 2.06. The lowest BCUT2D eigenvalue weighted by molar-refractivity contribution is 0.315.